The van der Waals surface area contributed by atoms with E-state index in [0.29, 0.717) is 6.54 Å². The van der Waals surface area contributed by atoms with Gasteiger partial charge in [0.2, 0.25) is 0 Å². The first kappa shape index (κ1) is 13.0. The summed E-state index contributed by atoms with van der Waals surface area (Å²) < 4.78 is 0. The molecular formula is C15H20N2O. The Morgan fingerprint density at radius 2 is 2.00 bits per heavy atom. The monoisotopic (exact) mass is 244 g/mol. The van der Waals surface area contributed by atoms with E-state index in [1.807, 2.05) is 25.1 Å². The highest BCUT2D eigenvalue weighted by Crippen LogP contribution is 2.18. The van der Waals surface area contributed by atoms with Crippen LogP contribution in [0.5, 0.6) is 0 Å². The zero-order valence-electron chi connectivity index (χ0n) is 11.2. The second kappa shape index (κ2) is 5.04. The average molecular weight is 244 g/mol. The van der Waals surface area contributed by atoms with Crippen molar-refractivity contribution in [3.8, 4) is 0 Å². The Morgan fingerprint density at radius 1 is 1.28 bits per heavy atom. The maximum atomic E-state index is 9.69. The smallest absolute Gasteiger partial charge is 0.0715 e. The van der Waals surface area contributed by atoms with E-state index in [2.05, 4.69) is 22.4 Å². The highest BCUT2D eigenvalue weighted by Gasteiger charge is 2.11. The predicted molar refractivity (Wildman–Crippen MR) is 74.5 cm³/mol. The van der Waals surface area contributed by atoms with Crippen LogP contribution in [0.2, 0.25) is 0 Å². The van der Waals surface area contributed by atoms with E-state index >= 15 is 0 Å². The fourth-order valence-corrected chi connectivity index (χ4v) is 2.04. The molecule has 0 amide bonds. The number of para-hydroxylation sites is 1. The van der Waals surface area contributed by atoms with Gasteiger partial charge >= 0.3 is 0 Å². The second-order valence-corrected chi connectivity index (χ2v) is 5.36. The number of aromatic nitrogens is 1. The molecule has 0 unspecified atom stereocenters. The minimum absolute atomic E-state index is 0.572. The first-order chi connectivity index (χ1) is 8.46. The molecule has 3 nitrogen and oxygen atoms in total. The Balaban J connectivity index is 2.22. The predicted octanol–water partition coefficient (Wildman–Crippen LogP) is 2.40. The van der Waals surface area contributed by atoms with Gasteiger partial charge in [-0.2, -0.15) is 0 Å². The van der Waals surface area contributed by atoms with Crippen LogP contribution in [0.15, 0.2) is 30.3 Å². The number of nitrogens with zero attached hydrogens (tertiary/aromatic N) is 1. The molecule has 0 saturated carbocycles. The van der Waals surface area contributed by atoms with Crippen molar-refractivity contribution in [3.63, 3.8) is 0 Å². The van der Waals surface area contributed by atoms with Crippen molar-refractivity contribution >= 4 is 10.9 Å². The van der Waals surface area contributed by atoms with Gasteiger partial charge in [0.1, 0.15) is 0 Å². The largest absolute Gasteiger partial charge is 0.389 e. The summed E-state index contributed by atoms with van der Waals surface area (Å²) in [6, 6.07) is 10.2. The molecule has 0 radical (unpaired) electrons. The van der Waals surface area contributed by atoms with E-state index in [4.69, 9.17) is 0 Å². The minimum Gasteiger partial charge on any atom is -0.389 e. The Morgan fingerprint density at radius 3 is 2.72 bits per heavy atom. The summed E-state index contributed by atoms with van der Waals surface area (Å²) in [6.07, 6.45) is 0. The quantitative estimate of drug-likeness (QED) is 0.868. The Bertz CT molecular complexity index is 544. The van der Waals surface area contributed by atoms with Crippen LogP contribution in [0.4, 0.5) is 0 Å². The number of nitrogens with one attached hydrogen (secondary N) is 1. The lowest BCUT2D eigenvalue weighted by Gasteiger charge is -2.18. The van der Waals surface area contributed by atoms with E-state index in [0.717, 1.165) is 17.8 Å². The third kappa shape index (κ3) is 3.28. The molecule has 0 saturated heterocycles. The summed E-state index contributed by atoms with van der Waals surface area (Å²) in [4.78, 5) is 4.52. The fraction of sp³-hybridized carbons (Fsp3) is 0.400. The molecule has 0 aliphatic rings. The van der Waals surface area contributed by atoms with Gasteiger partial charge in [0.15, 0.2) is 0 Å². The molecule has 1 aromatic heterocycles. The van der Waals surface area contributed by atoms with E-state index < -0.39 is 5.60 Å². The van der Waals surface area contributed by atoms with E-state index in [9.17, 15) is 5.11 Å². The van der Waals surface area contributed by atoms with Crippen molar-refractivity contribution in [2.75, 3.05) is 6.54 Å². The summed E-state index contributed by atoms with van der Waals surface area (Å²) in [6.45, 7) is 6.92. The number of hydrogen-bond acceptors (Lipinski definition) is 3. The van der Waals surface area contributed by atoms with Gasteiger partial charge < -0.3 is 10.4 Å². The molecule has 0 spiro atoms. The number of hydrogen-bond donors (Lipinski definition) is 2. The van der Waals surface area contributed by atoms with Crippen LogP contribution in [0, 0.1) is 6.92 Å². The highest BCUT2D eigenvalue weighted by molar-refractivity contribution is 5.82. The van der Waals surface area contributed by atoms with Crippen LogP contribution in [0.3, 0.4) is 0 Å². The first-order valence-electron chi connectivity index (χ1n) is 6.24. The third-order valence-corrected chi connectivity index (χ3v) is 2.80. The standard InChI is InChI=1S/C15H20N2O/c1-11-8-12(9-16-10-15(2,3)18)13-6-4-5-7-14(13)17-11/h4-8,16,18H,9-10H2,1-3H3. The summed E-state index contributed by atoms with van der Waals surface area (Å²) in [7, 11) is 0. The van der Waals surface area contributed by atoms with Gasteiger partial charge in [0, 0.05) is 24.2 Å². The molecule has 2 aromatic rings. The summed E-state index contributed by atoms with van der Waals surface area (Å²) in [5.74, 6) is 0. The average Bonchev–Trinajstić information content (AvgIpc) is 2.27. The maximum Gasteiger partial charge on any atom is 0.0715 e. The number of rotatable bonds is 4. The van der Waals surface area contributed by atoms with Gasteiger partial charge in [-0.1, -0.05) is 18.2 Å². The van der Waals surface area contributed by atoms with Crippen molar-refractivity contribution in [3.05, 3.63) is 41.6 Å². The first-order valence-corrected chi connectivity index (χ1v) is 6.24. The molecule has 0 aliphatic heterocycles. The molecule has 96 valence electrons. The zero-order chi connectivity index (χ0) is 13.2. The van der Waals surface area contributed by atoms with Crippen LogP contribution in [0.1, 0.15) is 25.1 Å². The molecular weight excluding hydrogens is 224 g/mol. The van der Waals surface area contributed by atoms with E-state index in [1.165, 1.54) is 10.9 Å². The van der Waals surface area contributed by atoms with Crippen LogP contribution < -0.4 is 5.32 Å². The van der Waals surface area contributed by atoms with Crippen LogP contribution in [0.25, 0.3) is 10.9 Å². The topological polar surface area (TPSA) is 45.1 Å². The molecule has 0 atom stereocenters. The third-order valence-electron chi connectivity index (χ3n) is 2.80. The number of benzene rings is 1. The van der Waals surface area contributed by atoms with Gasteiger partial charge in [-0.05, 0) is 38.5 Å². The van der Waals surface area contributed by atoms with Gasteiger partial charge in [-0.25, -0.2) is 0 Å². The molecule has 2 rings (SSSR count). The molecule has 18 heavy (non-hydrogen) atoms. The molecule has 1 aromatic carbocycles. The molecule has 0 fully saturated rings. The zero-order valence-corrected chi connectivity index (χ0v) is 11.2. The molecule has 0 bridgehead atoms. The lowest BCUT2D eigenvalue weighted by atomic mass is 10.1. The number of aliphatic hydroxyl groups is 1. The molecule has 2 N–H and O–H groups in total. The fourth-order valence-electron chi connectivity index (χ4n) is 2.04. The van der Waals surface area contributed by atoms with Crippen LogP contribution >= 0.6 is 0 Å². The van der Waals surface area contributed by atoms with Crippen molar-refractivity contribution in [1.82, 2.24) is 10.3 Å². The van der Waals surface area contributed by atoms with Gasteiger partial charge in [0.25, 0.3) is 0 Å². The van der Waals surface area contributed by atoms with Gasteiger partial charge in [0.05, 0.1) is 11.1 Å². The Labute approximate surface area is 108 Å². The lowest BCUT2D eigenvalue weighted by Crippen LogP contribution is -2.34. The van der Waals surface area contributed by atoms with Crippen molar-refractivity contribution in [2.45, 2.75) is 32.9 Å². The summed E-state index contributed by atoms with van der Waals surface area (Å²) in [5.41, 5.74) is 2.59. The van der Waals surface area contributed by atoms with Crippen LogP contribution in [-0.4, -0.2) is 22.2 Å². The highest BCUT2D eigenvalue weighted by atomic mass is 16.3. The van der Waals surface area contributed by atoms with E-state index in [1.54, 1.807) is 13.8 Å². The lowest BCUT2D eigenvalue weighted by molar-refractivity contribution is 0.0795. The van der Waals surface area contributed by atoms with Crippen molar-refractivity contribution in [2.24, 2.45) is 0 Å². The molecule has 3 heteroatoms. The van der Waals surface area contributed by atoms with Crippen LogP contribution in [-0.2, 0) is 6.54 Å². The number of fused-ring (bicyclic) bond motifs is 1. The maximum absolute atomic E-state index is 9.69. The van der Waals surface area contributed by atoms with Crippen molar-refractivity contribution in [1.29, 1.82) is 0 Å². The molecule has 0 aliphatic carbocycles. The normalized spacial score (nSPS) is 12.0. The number of aryl methyl sites for hydroxylation is 1. The Kier molecular flexibility index (Phi) is 3.64. The van der Waals surface area contributed by atoms with Gasteiger partial charge in [-0.3, -0.25) is 4.98 Å². The Hall–Kier alpha value is -1.45. The SMILES string of the molecule is Cc1cc(CNCC(C)(C)O)c2ccccc2n1. The van der Waals surface area contributed by atoms with E-state index in [-0.39, 0.29) is 0 Å². The summed E-state index contributed by atoms with van der Waals surface area (Å²) >= 11 is 0. The van der Waals surface area contributed by atoms with Gasteiger partial charge in [-0.15, -0.1) is 0 Å². The number of pyridine rings is 1. The molecule has 1 heterocycles. The second-order valence-electron chi connectivity index (χ2n) is 5.36. The minimum atomic E-state index is -0.683. The summed E-state index contributed by atoms with van der Waals surface area (Å²) in [5, 5.41) is 14.1. The van der Waals surface area contributed by atoms with Crippen molar-refractivity contribution < 1.29 is 5.11 Å².